The van der Waals surface area contributed by atoms with Crippen molar-refractivity contribution in [2.24, 2.45) is 5.10 Å². The second-order valence-electron chi connectivity index (χ2n) is 4.81. The van der Waals surface area contributed by atoms with Crippen molar-refractivity contribution in [1.82, 2.24) is 5.43 Å². The summed E-state index contributed by atoms with van der Waals surface area (Å²) in [6.45, 7) is 3.48. The molecule has 0 unspecified atom stereocenters. The van der Waals surface area contributed by atoms with Gasteiger partial charge in [-0.05, 0) is 43.7 Å². The first kappa shape index (κ1) is 16.7. The molecule has 0 bridgehead atoms. The Morgan fingerprint density at radius 3 is 2.65 bits per heavy atom. The van der Waals surface area contributed by atoms with E-state index in [4.69, 9.17) is 9.84 Å². The fourth-order valence-corrected chi connectivity index (χ4v) is 2.52. The molecule has 0 fully saturated rings. The summed E-state index contributed by atoms with van der Waals surface area (Å²) in [5.41, 5.74) is 3.97. The minimum Gasteiger partial charge on any atom is -0.484 e. The molecular formula is C16H16N2O4S. The third-order valence-corrected chi connectivity index (χ3v) is 4.06. The molecule has 0 aliphatic heterocycles. The maximum atomic E-state index is 11.7. The highest BCUT2D eigenvalue weighted by Crippen LogP contribution is 2.17. The van der Waals surface area contributed by atoms with E-state index in [0.717, 1.165) is 16.9 Å². The number of aromatic carboxylic acids is 1. The van der Waals surface area contributed by atoms with Gasteiger partial charge in [-0.25, -0.2) is 10.2 Å². The normalized spacial score (nSPS) is 11.1. The fraction of sp³-hybridized carbons (Fsp3) is 0.188. The highest BCUT2D eigenvalue weighted by molar-refractivity contribution is 7.15. The van der Waals surface area contributed by atoms with E-state index in [2.05, 4.69) is 10.5 Å². The van der Waals surface area contributed by atoms with Crippen molar-refractivity contribution >= 4 is 28.9 Å². The van der Waals surface area contributed by atoms with Gasteiger partial charge >= 0.3 is 5.97 Å². The molecule has 7 heteroatoms. The van der Waals surface area contributed by atoms with Crippen molar-refractivity contribution in [3.05, 3.63) is 51.7 Å². The van der Waals surface area contributed by atoms with Gasteiger partial charge < -0.3 is 9.84 Å². The molecule has 0 aliphatic carbocycles. The average Bonchev–Trinajstić information content (AvgIpc) is 3.01. The second-order valence-corrected chi connectivity index (χ2v) is 5.89. The molecule has 0 spiro atoms. The van der Waals surface area contributed by atoms with Crippen LogP contribution in [0.5, 0.6) is 5.75 Å². The number of aryl methyl sites for hydroxylation is 1. The van der Waals surface area contributed by atoms with Gasteiger partial charge in [0.25, 0.3) is 5.91 Å². The van der Waals surface area contributed by atoms with E-state index in [1.54, 1.807) is 19.1 Å². The Morgan fingerprint density at radius 1 is 1.26 bits per heavy atom. The first-order valence-electron chi connectivity index (χ1n) is 6.82. The van der Waals surface area contributed by atoms with Gasteiger partial charge in [-0.15, -0.1) is 11.3 Å². The van der Waals surface area contributed by atoms with Crippen molar-refractivity contribution in [2.75, 3.05) is 6.61 Å². The summed E-state index contributed by atoms with van der Waals surface area (Å²) in [7, 11) is 0. The molecular weight excluding hydrogens is 316 g/mol. The van der Waals surface area contributed by atoms with Crippen LogP contribution in [0.15, 0.2) is 41.5 Å². The van der Waals surface area contributed by atoms with Crippen molar-refractivity contribution < 1.29 is 19.4 Å². The largest absolute Gasteiger partial charge is 0.484 e. The monoisotopic (exact) mass is 332 g/mol. The molecule has 2 rings (SSSR count). The summed E-state index contributed by atoms with van der Waals surface area (Å²) in [5, 5.41) is 12.8. The summed E-state index contributed by atoms with van der Waals surface area (Å²) in [6.07, 6.45) is 0. The zero-order valence-corrected chi connectivity index (χ0v) is 13.5. The Bertz CT molecular complexity index is 752. The van der Waals surface area contributed by atoms with E-state index in [1.165, 1.54) is 6.07 Å². The molecule has 120 valence electrons. The Kier molecular flexibility index (Phi) is 5.48. The number of carboxylic acids is 1. The molecule has 2 aromatic rings. The summed E-state index contributed by atoms with van der Waals surface area (Å²) in [5.74, 6) is -0.754. The number of nitrogens with zero attached hydrogens (tertiary/aromatic N) is 1. The van der Waals surface area contributed by atoms with Gasteiger partial charge in [0.15, 0.2) is 6.61 Å². The van der Waals surface area contributed by atoms with Crippen molar-refractivity contribution in [1.29, 1.82) is 0 Å². The number of nitrogens with one attached hydrogen (secondary N) is 1. The van der Waals surface area contributed by atoms with Gasteiger partial charge in [-0.3, -0.25) is 4.79 Å². The number of benzene rings is 1. The minimum absolute atomic E-state index is 0.148. The van der Waals surface area contributed by atoms with Gasteiger partial charge in [0.1, 0.15) is 10.6 Å². The number of hydrogen-bond donors (Lipinski definition) is 2. The van der Waals surface area contributed by atoms with Crippen molar-refractivity contribution in [2.45, 2.75) is 13.8 Å². The summed E-state index contributed by atoms with van der Waals surface area (Å²) in [4.78, 5) is 23.5. The number of hydrogen-bond acceptors (Lipinski definition) is 5. The van der Waals surface area contributed by atoms with Gasteiger partial charge in [0.05, 0.1) is 10.6 Å². The first-order valence-corrected chi connectivity index (χ1v) is 7.63. The zero-order valence-electron chi connectivity index (χ0n) is 12.7. The number of carbonyl (C=O) groups is 2. The zero-order chi connectivity index (χ0) is 16.8. The quantitative estimate of drug-likeness (QED) is 0.629. The Balaban J connectivity index is 1.88. The summed E-state index contributed by atoms with van der Waals surface area (Å²) >= 11 is 1.10. The lowest BCUT2D eigenvalue weighted by atomic mass is 10.2. The topological polar surface area (TPSA) is 88.0 Å². The lowest BCUT2D eigenvalue weighted by Gasteiger charge is -2.06. The van der Waals surface area contributed by atoms with Crippen LogP contribution in [-0.2, 0) is 4.79 Å². The van der Waals surface area contributed by atoms with Crippen LogP contribution in [0.25, 0.3) is 0 Å². The molecule has 1 aromatic heterocycles. The molecule has 6 nitrogen and oxygen atoms in total. The van der Waals surface area contributed by atoms with Crippen molar-refractivity contribution in [3.8, 4) is 5.75 Å². The van der Waals surface area contributed by atoms with Crippen molar-refractivity contribution in [3.63, 3.8) is 0 Å². The molecule has 1 heterocycles. The van der Waals surface area contributed by atoms with Gasteiger partial charge in [-0.2, -0.15) is 5.10 Å². The Hall–Kier alpha value is -2.67. The molecule has 23 heavy (non-hydrogen) atoms. The number of carbonyl (C=O) groups excluding carboxylic acids is 1. The smallest absolute Gasteiger partial charge is 0.345 e. The maximum Gasteiger partial charge on any atom is 0.345 e. The standard InChI is InChI=1S/C16H16N2O4S/c1-10-4-3-5-12(8-10)22-9-15(19)18-17-11(2)13-6-7-14(23-13)16(20)21/h3-8H,9H2,1-2H3,(H,18,19)(H,20,21)/b17-11+. The Labute approximate surface area is 137 Å². The van der Waals surface area contributed by atoms with Crippen LogP contribution in [0.4, 0.5) is 0 Å². The number of rotatable bonds is 6. The van der Waals surface area contributed by atoms with E-state index >= 15 is 0 Å². The molecule has 0 saturated carbocycles. The van der Waals surface area contributed by atoms with E-state index in [-0.39, 0.29) is 17.4 Å². The number of hydrazone groups is 1. The van der Waals surface area contributed by atoms with E-state index < -0.39 is 5.97 Å². The molecule has 0 aliphatic rings. The van der Waals surface area contributed by atoms with Crippen LogP contribution in [0.3, 0.4) is 0 Å². The van der Waals surface area contributed by atoms with Gasteiger partial charge in [-0.1, -0.05) is 12.1 Å². The number of thiophene rings is 1. The lowest BCUT2D eigenvalue weighted by molar-refractivity contribution is -0.123. The molecule has 1 aromatic carbocycles. The van der Waals surface area contributed by atoms with Crippen LogP contribution in [0, 0.1) is 6.92 Å². The first-order chi connectivity index (χ1) is 11.0. The predicted octanol–water partition coefficient (Wildman–Crippen LogP) is 2.67. The summed E-state index contributed by atoms with van der Waals surface area (Å²) in [6, 6.07) is 10.6. The van der Waals surface area contributed by atoms with Crippen LogP contribution in [0.1, 0.15) is 27.0 Å². The SMILES string of the molecule is C/C(=N\NC(=O)COc1cccc(C)c1)c1ccc(C(=O)O)s1. The summed E-state index contributed by atoms with van der Waals surface area (Å²) < 4.78 is 5.37. The molecule has 0 atom stereocenters. The molecule has 1 amide bonds. The van der Waals surface area contributed by atoms with E-state index in [1.807, 2.05) is 25.1 Å². The number of amides is 1. The minimum atomic E-state index is -0.982. The highest BCUT2D eigenvalue weighted by atomic mass is 32.1. The molecule has 0 radical (unpaired) electrons. The van der Waals surface area contributed by atoms with Crippen LogP contribution in [-0.4, -0.2) is 29.3 Å². The molecule has 2 N–H and O–H groups in total. The van der Waals surface area contributed by atoms with Gasteiger partial charge in [0.2, 0.25) is 0 Å². The van der Waals surface area contributed by atoms with Crippen LogP contribution >= 0.6 is 11.3 Å². The van der Waals surface area contributed by atoms with Crippen LogP contribution in [0.2, 0.25) is 0 Å². The van der Waals surface area contributed by atoms with Crippen LogP contribution < -0.4 is 10.2 Å². The van der Waals surface area contributed by atoms with E-state index in [0.29, 0.717) is 16.3 Å². The third-order valence-electron chi connectivity index (χ3n) is 2.88. The average molecular weight is 332 g/mol. The second kappa shape index (κ2) is 7.55. The third kappa shape index (κ3) is 4.93. The maximum absolute atomic E-state index is 11.7. The predicted molar refractivity (Wildman–Crippen MR) is 88.3 cm³/mol. The number of ether oxygens (including phenoxy) is 1. The molecule has 0 saturated heterocycles. The number of carboxylic acid groups (broad SMARTS) is 1. The van der Waals surface area contributed by atoms with E-state index in [9.17, 15) is 9.59 Å². The highest BCUT2D eigenvalue weighted by Gasteiger charge is 2.09. The Morgan fingerprint density at radius 2 is 2.00 bits per heavy atom. The lowest BCUT2D eigenvalue weighted by Crippen LogP contribution is -2.25. The fourth-order valence-electron chi connectivity index (χ4n) is 1.73. The van der Waals surface area contributed by atoms with Gasteiger partial charge in [0, 0.05) is 0 Å².